The van der Waals surface area contributed by atoms with Crippen molar-refractivity contribution in [3.05, 3.63) is 29.3 Å². The van der Waals surface area contributed by atoms with Crippen LogP contribution in [0.5, 0.6) is 5.75 Å². The first-order valence-corrected chi connectivity index (χ1v) is 3.61. The van der Waals surface area contributed by atoms with Gasteiger partial charge in [-0.2, -0.15) is 0 Å². The molecule has 0 aliphatic carbocycles. The first-order valence-electron chi connectivity index (χ1n) is 3.23. The zero-order valence-electron chi connectivity index (χ0n) is 6.63. The molecule has 3 heteroatoms. The van der Waals surface area contributed by atoms with Gasteiger partial charge in [-0.25, -0.2) is 0 Å². The molecule has 2 N–H and O–H groups in total. The van der Waals surface area contributed by atoms with Crippen molar-refractivity contribution in [3.63, 3.8) is 0 Å². The van der Waals surface area contributed by atoms with Gasteiger partial charge in [0.15, 0.2) is 0 Å². The topological polar surface area (TPSA) is 32.3 Å². The molecule has 1 aromatic rings. The van der Waals surface area contributed by atoms with Crippen molar-refractivity contribution in [2.75, 3.05) is 14.1 Å². The molecular formula is C8H12ClNO. The van der Waals surface area contributed by atoms with Crippen LogP contribution in [0.4, 0.5) is 0 Å². The Morgan fingerprint density at radius 3 is 1.82 bits per heavy atom. The molecule has 0 aliphatic rings. The summed E-state index contributed by atoms with van der Waals surface area (Å²) >= 11 is 5.50. The van der Waals surface area contributed by atoms with Crippen molar-refractivity contribution >= 4 is 11.6 Å². The molecule has 0 saturated heterocycles. The Balaban J connectivity index is 0.000000292. The zero-order valence-corrected chi connectivity index (χ0v) is 7.39. The second-order valence-electron chi connectivity index (χ2n) is 1.98. The Labute approximate surface area is 71.8 Å². The Hall–Kier alpha value is -0.730. The fourth-order valence-corrected chi connectivity index (χ4v) is 0.567. The van der Waals surface area contributed by atoms with E-state index in [1.165, 1.54) is 0 Å². The molecule has 2 nitrogen and oxygen atoms in total. The lowest BCUT2D eigenvalue weighted by Crippen LogP contribution is -1.89. The van der Waals surface area contributed by atoms with Crippen LogP contribution < -0.4 is 5.32 Å². The van der Waals surface area contributed by atoms with Gasteiger partial charge in [-0.05, 0) is 38.4 Å². The molecule has 0 atom stereocenters. The van der Waals surface area contributed by atoms with Crippen molar-refractivity contribution in [1.29, 1.82) is 0 Å². The molecule has 62 valence electrons. The minimum Gasteiger partial charge on any atom is -0.508 e. The summed E-state index contributed by atoms with van der Waals surface area (Å²) in [6.07, 6.45) is 0. The molecule has 1 rings (SSSR count). The van der Waals surface area contributed by atoms with Crippen molar-refractivity contribution in [2.45, 2.75) is 0 Å². The number of phenolic OH excluding ortho intramolecular Hbond substituents is 1. The molecule has 0 heterocycles. The van der Waals surface area contributed by atoms with Gasteiger partial charge >= 0.3 is 0 Å². The lowest BCUT2D eigenvalue weighted by atomic mass is 10.3. The molecule has 0 aliphatic heterocycles. The van der Waals surface area contributed by atoms with Gasteiger partial charge < -0.3 is 10.4 Å². The van der Waals surface area contributed by atoms with E-state index >= 15 is 0 Å². The average molecular weight is 174 g/mol. The third kappa shape index (κ3) is 5.70. The van der Waals surface area contributed by atoms with Crippen LogP contribution >= 0.6 is 11.6 Å². The minimum absolute atomic E-state index is 0.245. The average Bonchev–Trinajstić information content (AvgIpc) is 1.97. The summed E-state index contributed by atoms with van der Waals surface area (Å²) in [6, 6.07) is 6.36. The van der Waals surface area contributed by atoms with Gasteiger partial charge in [0.25, 0.3) is 0 Å². The number of halogens is 1. The summed E-state index contributed by atoms with van der Waals surface area (Å²) < 4.78 is 0. The largest absolute Gasteiger partial charge is 0.508 e. The van der Waals surface area contributed by atoms with E-state index in [9.17, 15) is 0 Å². The number of benzene rings is 1. The maximum atomic E-state index is 8.70. The number of hydrogen-bond acceptors (Lipinski definition) is 2. The van der Waals surface area contributed by atoms with Crippen molar-refractivity contribution < 1.29 is 5.11 Å². The molecular weight excluding hydrogens is 162 g/mol. The van der Waals surface area contributed by atoms with E-state index < -0.39 is 0 Å². The van der Waals surface area contributed by atoms with Crippen LogP contribution in [0, 0.1) is 0 Å². The predicted molar refractivity (Wildman–Crippen MR) is 48.1 cm³/mol. The van der Waals surface area contributed by atoms with Crippen molar-refractivity contribution in [3.8, 4) is 5.75 Å². The van der Waals surface area contributed by atoms with Gasteiger partial charge in [0, 0.05) is 5.02 Å². The molecule has 0 spiro atoms. The minimum atomic E-state index is 0.245. The summed E-state index contributed by atoms with van der Waals surface area (Å²) in [5, 5.41) is 12.1. The van der Waals surface area contributed by atoms with E-state index in [0.717, 1.165) is 0 Å². The van der Waals surface area contributed by atoms with Crippen LogP contribution in [0.3, 0.4) is 0 Å². The van der Waals surface area contributed by atoms with Gasteiger partial charge in [-0.1, -0.05) is 11.6 Å². The Bertz CT molecular complexity index is 165. The number of phenols is 1. The van der Waals surface area contributed by atoms with Gasteiger partial charge in [-0.3, -0.25) is 0 Å². The molecule has 11 heavy (non-hydrogen) atoms. The summed E-state index contributed by atoms with van der Waals surface area (Å²) in [7, 11) is 3.75. The molecule has 0 unspecified atom stereocenters. The fraction of sp³-hybridized carbons (Fsp3) is 0.250. The highest BCUT2D eigenvalue weighted by Crippen LogP contribution is 2.12. The van der Waals surface area contributed by atoms with Crippen LogP contribution in [0.15, 0.2) is 24.3 Å². The Kier molecular flexibility index (Phi) is 5.61. The van der Waals surface area contributed by atoms with E-state index in [-0.39, 0.29) is 5.75 Å². The zero-order chi connectivity index (χ0) is 8.69. The number of nitrogens with one attached hydrogen (secondary N) is 1. The maximum absolute atomic E-state index is 8.70. The third-order valence-corrected chi connectivity index (χ3v) is 1.08. The standard InChI is InChI=1S/C6H5ClO.C2H7N/c7-5-1-3-6(8)4-2-5;1-3-2/h1-4,8H;3H,1-2H3. The second-order valence-corrected chi connectivity index (χ2v) is 2.41. The Morgan fingerprint density at radius 2 is 1.55 bits per heavy atom. The van der Waals surface area contributed by atoms with Crippen LogP contribution in [-0.4, -0.2) is 19.2 Å². The highest BCUT2D eigenvalue weighted by molar-refractivity contribution is 6.30. The van der Waals surface area contributed by atoms with Crippen LogP contribution in [-0.2, 0) is 0 Å². The van der Waals surface area contributed by atoms with Crippen molar-refractivity contribution in [1.82, 2.24) is 5.32 Å². The fourth-order valence-electron chi connectivity index (χ4n) is 0.441. The van der Waals surface area contributed by atoms with E-state index in [4.69, 9.17) is 16.7 Å². The normalized spacial score (nSPS) is 8.27. The van der Waals surface area contributed by atoms with E-state index in [0.29, 0.717) is 5.02 Å². The van der Waals surface area contributed by atoms with Gasteiger partial charge in [0.05, 0.1) is 0 Å². The van der Waals surface area contributed by atoms with E-state index in [1.54, 1.807) is 24.3 Å². The molecule has 0 aromatic heterocycles. The predicted octanol–water partition coefficient (Wildman–Crippen LogP) is 1.88. The molecule has 0 saturated carbocycles. The molecule has 0 amide bonds. The van der Waals surface area contributed by atoms with E-state index in [1.807, 2.05) is 14.1 Å². The maximum Gasteiger partial charge on any atom is 0.115 e. The third-order valence-electron chi connectivity index (χ3n) is 0.827. The smallest absolute Gasteiger partial charge is 0.115 e. The lowest BCUT2D eigenvalue weighted by Gasteiger charge is -1.87. The highest BCUT2D eigenvalue weighted by Gasteiger charge is 1.84. The summed E-state index contributed by atoms with van der Waals surface area (Å²) in [6.45, 7) is 0. The van der Waals surface area contributed by atoms with Crippen LogP contribution in [0.2, 0.25) is 5.02 Å². The number of rotatable bonds is 0. The first-order chi connectivity index (χ1) is 5.20. The van der Waals surface area contributed by atoms with Gasteiger partial charge in [0.2, 0.25) is 0 Å². The van der Waals surface area contributed by atoms with E-state index in [2.05, 4.69) is 5.32 Å². The Morgan fingerprint density at radius 1 is 1.18 bits per heavy atom. The SMILES string of the molecule is CNC.Oc1ccc(Cl)cc1. The number of hydrogen-bond donors (Lipinski definition) is 2. The van der Waals surface area contributed by atoms with Crippen molar-refractivity contribution in [2.24, 2.45) is 0 Å². The molecule has 0 radical (unpaired) electrons. The first kappa shape index (κ1) is 10.3. The lowest BCUT2D eigenvalue weighted by molar-refractivity contribution is 0.475. The van der Waals surface area contributed by atoms with Gasteiger partial charge in [0.1, 0.15) is 5.75 Å². The summed E-state index contributed by atoms with van der Waals surface area (Å²) in [5.41, 5.74) is 0. The highest BCUT2D eigenvalue weighted by atomic mass is 35.5. The monoisotopic (exact) mass is 173 g/mol. The molecule has 0 bridgehead atoms. The molecule has 0 fully saturated rings. The second kappa shape index (κ2) is 6.01. The quantitative estimate of drug-likeness (QED) is 0.628. The van der Waals surface area contributed by atoms with Crippen LogP contribution in [0.1, 0.15) is 0 Å². The number of aromatic hydroxyl groups is 1. The molecule has 1 aromatic carbocycles. The summed E-state index contributed by atoms with van der Waals surface area (Å²) in [5.74, 6) is 0.245. The van der Waals surface area contributed by atoms with Gasteiger partial charge in [-0.15, -0.1) is 0 Å². The summed E-state index contributed by atoms with van der Waals surface area (Å²) in [4.78, 5) is 0. The van der Waals surface area contributed by atoms with Crippen LogP contribution in [0.25, 0.3) is 0 Å².